The molecular formula is C18H22O2. The lowest BCUT2D eigenvalue weighted by molar-refractivity contribution is -0.109. The molecule has 1 saturated carbocycles. The highest BCUT2D eigenvalue weighted by atomic mass is 16.3. The molecule has 0 radical (unpaired) electrons. The zero-order valence-corrected chi connectivity index (χ0v) is 12.7. The highest BCUT2D eigenvalue weighted by Crippen LogP contribution is 2.53. The van der Waals surface area contributed by atoms with Gasteiger partial charge < -0.3 is 9.21 Å². The molecule has 2 heteroatoms. The Balaban J connectivity index is 2.15. The van der Waals surface area contributed by atoms with Crippen molar-refractivity contribution in [3.63, 3.8) is 0 Å². The van der Waals surface area contributed by atoms with Crippen LogP contribution in [0.4, 0.5) is 0 Å². The Hall–Kier alpha value is -1.57. The maximum absolute atomic E-state index is 11.0. The highest BCUT2D eigenvalue weighted by Gasteiger charge is 2.51. The third-order valence-electron chi connectivity index (χ3n) is 4.83. The largest absolute Gasteiger partial charge is 0.461 e. The Labute approximate surface area is 120 Å². The summed E-state index contributed by atoms with van der Waals surface area (Å²) in [7, 11) is 0. The standard InChI is InChI=1S/C18H22O2/c1-5-15-17(11(2)3)14-8-12(6-7-16(14)20-15)18(4)9-13(18)10-19/h6-8,10-11,13H,5,9H2,1-4H3/t13?,18-/m1/s1. The summed E-state index contributed by atoms with van der Waals surface area (Å²) in [6, 6.07) is 6.44. The number of aldehydes is 1. The van der Waals surface area contributed by atoms with Gasteiger partial charge in [-0.1, -0.05) is 33.8 Å². The van der Waals surface area contributed by atoms with E-state index >= 15 is 0 Å². The van der Waals surface area contributed by atoms with Gasteiger partial charge in [-0.3, -0.25) is 0 Å². The van der Waals surface area contributed by atoms with Crippen molar-refractivity contribution in [2.45, 2.75) is 51.9 Å². The first-order chi connectivity index (χ1) is 9.51. The number of carbonyl (C=O) groups is 1. The van der Waals surface area contributed by atoms with Crippen molar-refractivity contribution < 1.29 is 9.21 Å². The second-order valence-corrected chi connectivity index (χ2v) is 6.52. The van der Waals surface area contributed by atoms with E-state index in [0.717, 1.165) is 30.5 Å². The minimum atomic E-state index is 0.0356. The van der Waals surface area contributed by atoms with Crippen LogP contribution in [0.1, 0.15) is 56.9 Å². The number of aryl methyl sites for hydroxylation is 1. The Morgan fingerprint density at radius 3 is 2.75 bits per heavy atom. The molecule has 1 unspecified atom stereocenters. The molecule has 0 bridgehead atoms. The zero-order valence-electron chi connectivity index (χ0n) is 12.7. The summed E-state index contributed by atoms with van der Waals surface area (Å²) in [4.78, 5) is 11.0. The van der Waals surface area contributed by atoms with Crippen molar-refractivity contribution in [1.29, 1.82) is 0 Å². The van der Waals surface area contributed by atoms with Crippen LogP contribution < -0.4 is 0 Å². The van der Waals surface area contributed by atoms with Gasteiger partial charge in [0.15, 0.2) is 0 Å². The number of carbonyl (C=O) groups excluding carboxylic acids is 1. The van der Waals surface area contributed by atoms with Gasteiger partial charge in [-0.05, 0) is 30.0 Å². The lowest BCUT2D eigenvalue weighted by Gasteiger charge is -2.11. The zero-order chi connectivity index (χ0) is 14.5. The lowest BCUT2D eigenvalue weighted by Crippen LogP contribution is -2.05. The summed E-state index contributed by atoms with van der Waals surface area (Å²) in [5.74, 6) is 1.73. The monoisotopic (exact) mass is 270 g/mol. The first-order valence-electron chi connectivity index (χ1n) is 7.52. The molecule has 20 heavy (non-hydrogen) atoms. The minimum Gasteiger partial charge on any atom is -0.461 e. The summed E-state index contributed by atoms with van der Waals surface area (Å²) in [6.45, 7) is 8.74. The Morgan fingerprint density at radius 1 is 1.45 bits per heavy atom. The number of fused-ring (bicyclic) bond motifs is 1. The van der Waals surface area contributed by atoms with E-state index in [1.807, 2.05) is 0 Å². The molecule has 0 spiro atoms. The molecule has 0 saturated heterocycles. The molecule has 1 heterocycles. The van der Waals surface area contributed by atoms with Gasteiger partial charge in [-0.15, -0.1) is 0 Å². The SMILES string of the molecule is CCc1oc2ccc([C@@]3(C)CC3C=O)cc2c1C(C)C. The third-order valence-corrected chi connectivity index (χ3v) is 4.83. The van der Waals surface area contributed by atoms with Crippen LogP contribution in [-0.4, -0.2) is 6.29 Å². The van der Waals surface area contributed by atoms with Gasteiger partial charge in [-0.25, -0.2) is 0 Å². The molecular weight excluding hydrogens is 248 g/mol. The molecule has 106 valence electrons. The van der Waals surface area contributed by atoms with E-state index < -0.39 is 0 Å². The van der Waals surface area contributed by atoms with Gasteiger partial charge in [0, 0.05) is 28.7 Å². The minimum absolute atomic E-state index is 0.0356. The Bertz CT molecular complexity index is 665. The molecule has 2 atom stereocenters. The number of furan rings is 1. The smallest absolute Gasteiger partial charge is 0.134 e. The number of hydrogen-bond donors (Lipinski definition) is 0. The number of rotatable bonds is 4. The van der Waals surface area contributed by atoms with Crippen molar-refractivity contribution in [2.75, 3.05) is 0 Å². The van der Waals surface area contributed by atoms with E-state index in [9.17, 15) is 4.79 Å². The number of hydrogen-bond acceptors (Lipinski definition) is 2. The van der Waals surface area contributed by atoms with Crippen molar-refractivity contribution in [3.8, 4) is 0 Å². The van der Waals surface area contributed by atoms with Crippen LogP contribution in [-0.2, 0) is 16.6 Å². The first-order valence-corrected chi connectivity index (χ1v) is 7.52. The van der Waals surface area contributed by atoms with Gasteiger partial charge in [0.2, 0.25) is 0 Å². The van der Waals surface area contributed by atoms with Crippen LogP contribution >= 0.6 is 0 Å². The maximum atomic E-state index is 11.0. The molecule has 0 aliphatic heterocycles. The molecule has 0 N–H and O–H groups in total. The molecule has 2 nitrogen and oxygen atoms in total. The van der Waals surface area contributed by atoms with Crippen molar-refractivity contribution in [1.82, 2.24) is 0 Å². The maximum Gasteiger partial charge on any atom is 0.134 e. The molecule has 3 rings (SSSR count). The van der Waals surface area contributed by atoms with Crippen LogP contribution in [0.3, 0.4) is 0 Å². The van der Waals surface area contributed by atoms with Crippen LogP contribution in [0.25, 0.3) is 11.0 Å². The number of benzene rings is 1. The van der Waals surface area contributed by atoms with Crippen LogP contribution in [0.2, 0.25) is 0 Å². The summed E-state index contributed by atoms with van der Waals surface area (Å²) < 4.78 is 5.98. The molecule has 1 aliphatic rings. The predicted octanol–water partition coefficient (Wildman–Crippen LogP) is 4.60. The van der Waals surface area contributed by atoms with Gasteiger partial charge in [0.1, 0.15) is 17.6 Å². The van der Waals surface area contributed by atoms with Gasteiger partial charge in [0.05, 0.1) is 0 Å². The van der Waals surface area contributed by atoms with E-state index in [1.54, 1.807) is 0 Å². The third kappa shape index (κ3) is 1.81. The second kappa shape index (κ2) is 4.47. The summed E-state index contributed by atoms with van der Waals surface area (Å²) in [6.07, 6.45) is 2.99. The average molecular weight is 270 g/mol. The fourth-order valence-corrected chi connectivity index (χ4v) is 3.35. The molecule has 1 aromatic heterocycles. The van der Waals surface area contributed by atoms with Gasteiger partial charge in [0.25, 0.3) is 0 Å². The molecule has 0 amide bonds. The summed E-state index contributed by atoms with van der Waals surface area (Å²) >= 11 is 0. The van der Waals surface area contributed by atoms with Gasteiger partial charge in [-0.2, -0.15) is 0 Å². The Kier molecular flexibility index (Phi) is 3.00. The van der Waals surface area contributed by atoms with Crippen LogP contribution in [0.5, 0.6) is 0 Å². The summed E-state index contributed by atoms with van der Waals surface area (Å²) in [5.41, 5.74) is 3.61. The summed E-state index contributed by atoms with van der Waals surface area (Å²) in [5, 5.41) is 1.23. The molecule has 1 aliphatic carbocycles. The fraction of sp³-hybridized carbons (Fsp3) is 0.500. The van der Waals surface area contributed by atoms with Crippen LogP contribution in [0.15, 0.2) is 22.6 Å². The molecule has 2 aromatic rings. The molecule has 1 fully saturated rings. The van der Waals surface area contributed by atoms with Crippen LogP contribution in [0, 0.1) is 5.92 Å². The van der Waals surface area contributed by atoms with E-state index in [1.165, 1.54) is 16.5 Å². The highest BCUT2D eigenvalue weighted by molar-refractivity contribution is 5.84. The lowest BCUT2D eigenvalue weighted by atomic mass is 9.91. The van der Waals surface area contributed by atoms with E-state index in [2.05, 4.69) is 45.9 Å². The van der Waals surface area contributed by atoms with E-state index in [-0.39, 0.29) is 11.3 Å². The Morgan fingerprint density at radius 2 is 2.20 bits per heavy atom. The van der Waals surface area contributed by atoms with Crippen molar-refractivity contribution >= 4 is 17.3 Å². The first kappa shape index (κ1) is 13.4. The normalized spacial score (nSPS) is 25.4. The molecule has 1 aromatic carbocycles. The van der Waals surface area contributed by atoms with Crippen molar-refractivity contribution in [2.24, 2.45) is 5.92 Å². The van der Waals surface area contributed by atoms with E-state index in [0.29, 0.717) is 5.92 Å². The predicted molar refractivity (Wildman–Crippen MR) is 81.2 cm³/mol. The average Bonchev–Trinajstić information content (AvgIpc) is 2.97. The topological polar surface area (TPSA) is 30.2 Å². The van der Waals surface area contributed by atoms with E-state index in [4.69, 9.17) is 4.42 Å². The fourth-order valence-electron chi connectivity index (χ4n) is 3.35. The van der Waals surface area contributed by atoms with Gasteiger partial charge >= 0.3 is 0 Å². The second-order valence-electron chi connectivity index (χ2n) is 6.52. The van der Waals surface area contributed by atoms with Crippen molar-refractivity contribution in [3.05, 3.63) is 35.1 Å². The quantitative estimate of drug-likeness (QED) is 0.760.